The first kappa shape index (κ1) is 14.2. The average Bonchev–Trinajstić information content (AvgIpc) is 3.10. The number of carbonyl (C=O) groups is 1. The number of hydrogen-bond donors (Lipinski definition) is 0. The van der Waals surface area contributed by atoms with Crippen LogP contribution >= 0.6 is 22.7 Å². The number of unbranched alkanes of at least 4 members (excludes halogenated alkanes) is 1. The van der Waals surface area contributed by atoms with Crippen LogP contribution in [0.15, 0.2) is 22.2 Å². The number of nitrogens with zero attached hydrogens (tertiary/aromatic N) is 2. The molecule has 0 aromatic carbocycles. The van der Waals surface area contributed by atoms with Gasteiger partial charge in [-0.15, -0.1) is 11.3 Å². The van der Waals surface area contributed by atoms with Crippen LogP contribution in [0.3, 0.4) is 0 Å². The van der Waals surface area contributed by atoms with Gasteiger partial charge >= 0.3 is 0 Å². The summed E-state index contributed by atoms with van der Waals surface area (Å²) in [5.74, 6) is 0.0497. The molecular weight excluding hydrogens is 276 g/mol. The van der Waals surface area contributed by atoms with Crippen LogP contribution in [-0.2, 0) is 0 Å². The molecule has 2 aromatic heterocycles. The monoisotopic (exact) mass is 294 g/mol. The SMILES string of the molecule is CCCCN(CC)C(=O)c1csc(-c2ccsc2)n1. The predicted octanol–water partition coefficient (Wildman–Crippen LogP) is 4.13. The number of thiophene rings is 1. The first-order valence-electron chi connectivity index (χ1n) is 6.53. The molecule has 0 fully saturated rings. The van der Waals surface area contributed by atoms with Gasteiger partial charge < -0.3 is 4.90 Å². The second-order valence-corrected chi connectivity index (χ2v) is 5.93. The molecule has 102 valence electrons. The Morgan fingerprint density at radius 2 is 2.21 bits per heavy atom. The van der Waals surface area contributed by atoms with E-state index < -0.39 is 0 Å². The molecule has 0 aliphatic rings. The molecule has 0 saturated carbocycles. The van der Waals surface area contributed by atoms with E-state index in [1.807, 2.05) is 28.7 Å². The van der Waals surface area contributed by atoms with Gasteiger partial charge in [0, 0.05) is 29.4 Å². The summed E-state index contributed by atoms with van der Waals surface area (Å²) in [6.07, 6.45) is 2.14. The smallest absolute Gasteiger partial charge is 0.273 e. The molecule has 0 spiro atoms. The minimum Gasteiger partial charge on any atom is -0.338 e. The molecule has 2 aromatic rings. The fraction of sp³-hybridized carbons (Fsp3) is 0.429. The Hall–Kier alpha value is -1.20. The van der Waals surface area contributed by atoms with E-state index in [2.05, 4.69) is 17.3 Å². The fourth-order valence-electron chi connectivity index (χ4n) is 1.80. The number of amides is 1. The Kier molecular flexibility index (Phi) is 5.10. The molecule has 2 heterocycles. The fourth-order valence-corrected chi connectivity index (χ4v) is 3.31. The van der Waals surface area contributed by atoms with Gasteiger partial charge in [-0.3, -0.25) is 4.79 Å². The third-order valence-electron chi connectivity index (χ3n) is 2.94. The summed E-state index contributed by atoms with van der Waals surface area (Å²) in [6.45, 7) is 5.71. The average molecular weight is 294 g/mol. The topological polar surface area (TPSA) is 33.2 Å². The largest absolute Gasteiger partial charge is 0.338 e. The van der Waals surface area contributed by atoms with Crippen molar-refractivity contribution in [2.24, 2.45) is 0 Å². The molecule has 1 amide bonds. The third-order valence-corrected chi connectivity index (χ3v) is 4.52. The zero-order valence-corrected chi connectivity index (χ0v) is 12.9. The zero-order valence-electron chi connectivity index (χ0n) is 11.3. The molecule has 0 aliphatic heterocycles. The van der Waals surface area contributed by atoms with Gasteiger partial charge in [-0.05, 0) is 24.8 Å². The summed E-state index contributed by atoms with van der Waals surface area (Å²) >= 11 is 3.18. The molecule has 0 radical (unpaired) electrons. The Morgan fingerprint density at radius 1 is 1.37 bits per heavy atom. The highest BCUT2D eigenvalue weighted by molar-refractivity contribution is 7.14. The highest BCUT2D eigenvalue weighted by atomic mass is 32.1. The van der Waals surface area contributed by atoms with E-state index in [1.54, 1.807) is 11.3 Å². The van der Waals surface area contributed by atoms with Crippen molar-refractivity contribution in [1.29, 1.82) is 0 Å². The number of carbonyl (C=O) groups excluding carboxylic acids is 1. The number of aromatic nitrogens is 1. The molecule has 0 unspecified atom stereocenters. The van der Waals surface area contributed by atoms with Crippen LogP contribution in [0, 0.1) is 0 Å². The lowest BCUT2D eigenvalue weighted by Gasteiger charge is -2.19. The van der Waals surface area contributed by atoms with Gasteiger partial charge in [-0.25, -0.2) is 4.98 Å². The van der Waals surface area contributed by atoms with Gasteiger partial charge in [0.2, 0.25) is 0 Å². The molecule has 5 heteroatoms. The zero-order chi connectivity index (χ0) is 13.7. The normalized spacial score (nSPS) is 10.6. The standard InChI is InChI=1S/C14H18N2OS2/c1-3-5-7-16(4-2)14(17)12-10-19-13(15-12)11-6-8-18-9-11/h6,8-10H,3-5,7H2,1-2H3. The summed E-state index contributed by atoms with van der Waals surface area (Å²) in [5, 5.41) is 6.87. The summed E-state index contributed by atoms with van der Waals surface area (Å²) in [7, 11) is 0. The van der Waals surface area contributed by atoms with Gasteiger partial charge in [0.05, 0.1) is 0 Å². The van der Waals surface area contributed by atoms with Crippen molar-refractivity contribution in [3.05, 3.63) is 27.9 Å². The van der Waals surface area contributed by atoms with Gasteiger partial charge in [0.1, 0.15) is 10.7 Å². The Labute approximate surface area is 121 Å². The van der Waals surface area contributed by atoms with Crippen molar-refractivity contribution in [3.8, 4) is 10.6 Å². The van der Waals surface area contributed by atoms with E-state index >= 15 is 0 Å². The van der Waals surface area contributed by atoms with Gasteiger partial charge in [0.15, 0.2) is 0 Å². The van der Waals surface area contributed by atoms with Crippen molar-refractivity contribution in [1.82, 2.24) is 9.88 Å². The number of hydrogen-bond acceptors (Lipinski definition) is 4. The quantitative estimate of drug-likeness (QED) is 0.802. The Balaban J connectivity index is 2.11. The van der Waals surface area contributed by atoms with E-state index in [9.17, 15) is 4.79 Å². The lowest BCUT2D eigenvalue weighted by atomic mass is 10.3. The van der Waals surface area contributed by atoms with Crippen LogP contribution < -0.4 is 0 Å². The molecule has 19 heavy (non-hydrogen) atoms. The first-order valence-corrected chi connectivity index (χ1v) is 8.35. The maximum atomic E-state index is 12.3. The van der Waals surface area contributed by atoms with Crippen molar-refractivity contribution < 1.29 is 4.79 Å². The minimum atomic E-state index is 0.0497. The molecule has 0 aliphatic carbocycles. The summed E-state index contributed by atoms with van der Waals surface area (Å²) in [4.78, 5) is 18.7. The van der Waals surface area contributed by atoms with Crippen LogP contribution in [0.5, 0.6) is 0 Å². The second kappa shape index (κ2) is 6.82. The maximum absolute atomic E-state index is 12.3. The van der Waals surface area contributed by atoms with Crippen LogP contribution in [0.1, 0.15) is 37.2 Å². The van der Waals surface area contributed by atoms with Gasteiger partial charge in [-0.2, -0.15) is 11.3 Å². The Bertz CT molecular complexity index is 519. The lowest BCUT2D eigenvalue weighted by Crippen LogP contribution is -2.31. The summed E-state index contributed by atoms with van der Waals surface area (Å²) in [5.41, 5.74) is 1.68. The van der Waals surface area contributed by atoms with E-state index in [4.69, 9.17) is 0 Å². The minimum absolute atomic E-state index is 0.0497. The molecule has 0 bridgehead atoms. The van der Waals surface area contributed by atoms with Crippen molar-refractivity contribution in [2.45, 2.75) is 26.7 Å². The van der Waals surface area contributed by atoms with Crippen LogP contribution in [0.25, 0.3) is 10.6 Å². The van der Waals surface area contributed by atoms with Crippen molar-refractivity contribution in [2.75, 3.05) is 13.1 Å². The highest BCUT2D eigenvalue weighted by Gasteiger charge is 2.17. The third kappa shape index (κ3) is 3.42. The second-order valence-electron chi connectivity index (χ2n) is 4.29. The maximum Gasteiger partial charge on any atom is 0.273 e. The Morgan fingerprint density at radius 3 is 2.84 bits per heavy atom. The first-order chi connectivity index (χ1) is 9.26. The van der Waals surface area contributed by atoms with E-state index in [-0.39, 0.29) is 5.91 Å². The highest BCUT2D eigenvalue weighted by Crippen LogP contribution is 2.26. The lowest BCUT2D eigenvalue weighted by molar-refractivity contribution is 0.0757. The summed E-state index contributed by atoms with van der Waals surface area (Å²) < 4.78 is 0. The van der Waals surface area contributed by atoms with E-state index in [1.165, 1.54) is 11.3 Å². The van der Waals surface area contributed by atoms with Crippen LogP contribution in [0.4, 0.5) is 0 Å². The number of rotatable bonds is 6. The molecule has 0 saturated heterocycles. The van der Waals surface area contributed by atoms with Crippen molar-refractivity contribution >= 4 is 28.6 Å². The summed E-state index contributed by atoms with van der Waals surface area (Å²) in [6, 6.07) is 2.03. The van der Waals surface area contributed by atoms with E-state index in [0.29, 0.717) is 5.69 Å². The number of thiazole rings is 1. The molecule has 3 nitrogen and oxygen atoms in total. The van der Waals surface area contributed by atoms with Crippen LogP contribution in [0.2, 0.25) is 0 Å². The van der Waals surface area contributed by atoms with Crippen molar-refractivity contribution in [3.63, 3.8) is 0 Å². The van der Waals surface area contributed by atoms with Gasteiger partial charge in [-0.1, -0.05) is 13.3 Å². The molecule has 0 atom stereocenters. The predicted molar refractivity (Wildman–Crippen MR) is 81.9 cm³/mol. The molecule has 2 rings (SSSR count). The molecular formula is C14H18N2OS2. The molecule has 0 N–H and O–H groups in total. The van der Waals surface area contributed by atoms with Gasteiger partial charge in [0.25, 0.3) is 5.91 Å². The van der Waals surface area contributed by atoms with E-state index in [0.717, 1.165) is 36.5 Å². The van der Waals surface area contributed by atoms with Crippen LogP contribution in [-0.4, -0.2) is 28.9 Å².